The molecule has 5 heteroatoms. The van der Waals surface area contributed by atoms with Crippen LogP contribution in [-0.4, -0.2) is 16.0 Å². The third-order valence-electron chi connectivity index (χ3n) is 2.64. The zero-order chi connectivity index (χ0) is 12.7. The summed E-state index contributed by atoms with van der Waals surface area (Å²) in [6.45, 7) is 4.39. The Balaban J connectivity index is 2.39. The Morgan fingerprint density at radius 3 is 2.88 bits per heavy atom. The summed E-state index contributed by atoms with van der Waals surface area (Å²) in [5.74, 6) is 1.08. The van der Waals surface area contributed by atoms with Crippen molar-refractivity contribution in [2.45, 2.75) is 52.0 Å². The second kappa shape index (κ2) is 7.48. The van der Waals surface area contributed by atoms with Gasteiger partial charge in [-0.15, -0.1) is 0 Å². The Bertz CT molecular complexity index is 343. The number of hydrogen-bond acceptors (Lipinski definition) is 4. The van der Waals surface area contributed by atoms with Crippen LogP contribution in [0.1, 0.15) is 46.0 Å². The molecular weight excluding hydrogens is 280 g/mol. The van der Waals surface area contributed by atoms with Crippen LogP contribution in [0.25, 0.3) is 0 Å². The molecule has 17 heavy (non-hydrogen) atoms. The van der Waals surface area contributed by atoms with Crippen molar-refractivity contribution in [3.8, 4) is 0 Å². The lowest BCUT2D eigenvalue weighted by molar-refractivity contribution is 0.593. The van der Waals surface area contributed by atoms with Gasteiger partial charge in [-0.3, -0.25) is 0 Å². The zero-order valence-corrected chi connectivity index (χ0v) is 12.1. The highest BCUT2D eigenvalue weighted by atomic mass is 79.9. The van der Waals surface area contributed by atoms with Crippen LogP contribution in [0.3, 0.4) is 0 Å². The van der Waals surface area contributed by atoms with Crippen molar-refractivity contribution in [1.82, 2.24) is 9.97 Å². The molecule has 0 bridgehead atoms. The molecule has 0 saturated heterocycles. The monoisotopic (exact) mass is 300 g/mol. The smallest absolute Gasteiger partial charge is 0.221 e. The standard InChI is InChI=1S/C12H21BrN4/c1-3-4-5-6-7-9(2)16-11-10(13)8-15-12(14)17-11/h8-9H,3-7H2,1-2H3,(H3,14,15,16,17). The first-order chi connectivity index (χ1) is 8.13. The maximum absolute atomic E-state index is 5.56. The first-order valence-electron chi connectivity index (χ1n) is 6.18. The minimum Gasteiger partial charge on any atom is -0.368 e. The molecule has 1 atom stereocenters. The lowest BCUT2D eigenvalue weighted by Gasteiger charge is -2.15. The van der Waals surface area contributed by atoms with Crippen LogP contribution in [0.5, 0.6) is 0 Å². The Morgan fingerprint density at radius 2 is 2.18 bits per heavy atom. The van der Waals surface area contributed by atoms with E-state index in [9.17, 15) is 0 Å². The summed E-state index contributed by atoms with van der Waals surface area (Å²) in [6, 6.07) is 0.400. The lowest BCUT2D eigenvalue weighted by Crippen LogP contribution is -2.17. The average molecular weight is 301 g/mol. The molecular formula is C12H21BrN4. The van der Waals surface area contributed by atoms with Gasteiger partial charge in [-0.2, -0.15) is 4.98 Å². The molecule has 1 unspecified atom stereocenters. The van der Waals surface area contributed by atoms with E-state index in [0.29, 0.717) is 12.0 Å². The molecule has 0 amide bonds. The van der Waals surface area contributed by atoms with E-state index in [1.807, 2.05) is 0 Å². The van der Waals surface area contributed by atoms with Crippen molar-refractivity contribution < 1.29 is 0 Å². The van der Waals surface area contributed by atoms with Gasteiger partial charge in [-0.05, 0) is 29.3 Å². The summed E-state index contributed by atoms with van der Waals surface area (Å²) in [7, 11) is 0. The molecule has 0 radical (unpaired) electrons. The molecule has 0 aromatic carbocycles. The van der Waals surface area contributed by atoms with Crippen LogP contribution in [0, 0.1) is 0 Å². The quantitative estimate of drug-likeness (QED) is 0.755. The number of rotatable bonds is 7. The van der Waals surface area contributed by atoms with Gasteiger partial charge >= 0.3 is 0 Å². The number of unbranched alkanes of at least 4 members (excludes halogenated alkanes) is 3. The summed E-state index contributed by atoms with van der Waals surface area (Å²) in [5.41, 5.74) is 5.56. The molecule has 0 aliphatic rings. The Kier molecular flexibility index (Phi) is 6.26. The van der Waals surface area contributed by atoms with Crippen LogP contribution in [0.4, 0.5) is 11.8 Å². The Labute approximate surface area is 112 Å². The number of halogens is 1. The van der Waals surface area contributed by atoms with Gasteiger partial charge < -0.3 is 11.1 Å². The molecule has 1 aromatic heterocycles. The number of nitrogens with two attached hydrogens (primary N) is 1. The van der Waals surface area contributed by atoms with Crippen LogP contribution < -0.4 is 11.1 Å². The SMILES string of the molecule is CCCCCCC(C)Nc1nc(N)ncc1Br. The third-order valence-corrected chi connectivity index (χ3v) is 3.22. The van der Waals surface area contributed by atoms with E-state index in [-0.39, 0.29) is 0 Å². The molecule has 1 rings (SSSR count). The van der Waals surface area contributed by atoms with Crippen molar-refractivity contribution >= 4 is 27.7 Å². The van der Waals surface area contributed by atoms with Gasteiger partial charge in [0.2, 0.25) is 5.95 Å². The number of nitrogens with zero attached hydrogens (tertiary/aromatic N) is 2. The Hall–Kier alpha value is -0.840. The topological polar surface area (TPSA) is 63.8 Å². The highest BCUT2D eigenvalue weighted by molar-refractivity contribution is 9.10. The van der Waals surface area contributed by atoms with Gasteiger partial charge in [0.1, 0.15) is 5.82 Å². The largest absolute Gasteiger partial charge is 0.368 e. The Morgan fingerprint density at radius 1 is 1.41 bits per heavy atom. The lowest BCUT2D eigenvalue weighted by atomic mass is 10.1. The fourth-order valence-electron chi connectivity index (χ4n) is 1.66. The van der Waals surface area contributed by atoms with Gasteiger partial charge in [0.05, 0.1) is 4.47 Å². The summed E-state index contributed by atoms with van der Waals surface area (Å²) in [5, 5.41) is 3.35. The van der Waals surface area contributed by atoms with Gasteiger partial charge in [-0.1, -0.05) is 32.6 Å². The molecule has 0 aliphatic carbocycles. The summed E-state index contributed by atoms with van der Waals surface area (Å²) < 4.78 is 0.854. The van der Waals surface area contributed by atoms with E-state index in [1.54, 1.807) is 6.20 Å². The van der Waals surface area contributed by atoms with Crippen molar-refractivity contribution in [3.63, 3.8) is 0 Å². The maximum Gasteiger partial charge on any atom is 0.221 e. The average Bonchev–Trinajstić information content (AvgIpc) is 2.29. The van der Waals surface area contributed by atoms with Crippen LogP contribution in [0.2, 0.25) is 0 Å². The van der Waals surface area contributed by atoms with E-state index in [2.05, 4.69) is 45.1 Å². The van der Waals surface area contributed by atoms with E-state index < -0.39 is 0 Å². The molecule has 0 fully saturated rings. The van der Waals surface area contributed by atoms with E-state index >= 15 is 0 Å². The zero-order valence-electron chi connectivity index (χ0n) is 10.5. The molecule has 0 saturated carbocycles. The minimum atomic E-state index is 0.300. The van der Waals surface area contributed by atoms with Crippen LogP contribution in [0.15, 0.2) is 10.7 Å². The van der Waals surface area contributed by atoms with Crippen molar-refractivity contribution in [2.24, 2.45) is 0 Å². The van der Waals surface area contributed by atoms with E-state index in [0.717, 1.165) is 16.7 Å². The van der Waals surface area contributed by atoms with Crippen molar-refractivity contribution in [1.29, 1.82) is 0 Å². The van der Waals surface area contributed by atoms with Crippen molar-refractivity contribution in [3.05, 3.63) is 10.7 Å². The summed E-state index contributed by atoms with van der Waals surface area (Å²) in [6.07, 6.45) is 7.97. The summed E-state index contributed by atoms with van der Waals surface area (Å²) in [4.78, 5) is 8.08. The first-order valence-corrected chi connectivity index (χ1v) is 6.97. The number of anilines is 2. The number of aromatic nitrogens is 2. The number of hydrogen-bond donors (Lipinski definition) is 2. The molecule has 0 aliphatic heterocycles. The summed E-state index contributed by atoms with van der Waals surface area (Å²) >= 11 is 3.41. The van der Waals surface area contributed by atoms with Crippen LogP contribution >= 0.6 is 15.9 Å². The van der Waals surface area contributed by atoms with Gasteiger partial charge in [0.15, 0.2) is 0 Å². The molecule has 1 heterocycles. The third kappa shape index (κ3) is 5.35. The highest BCUT2D eigenvalue weighted by Crippen LogP contribution is 2.21. The molecule has 1 aromatic rings. The second-order valence-electron chi connectivity index (χ2n) is 4.32. The molecule has 96 valence electrons. The molecule has 3 N–H and O–H groups in total. The van der Waals surface area contributed by atoms with Crippen molar-refractivity contribution in [2.75, 3.05) is 11.1 Å². The minimum absolute atomic E-state index is 0.300. The van der Waals surface area contributed by atoms with E-state index in [4.69, 9.17) is 5.73 Å². The highest BCUT2D eigenvalue weighted by Gasteiger charge is 2.07. The predicted octanol–water partition coefficient (Wildman–Crippen LogP) is 3.59. The number of nitrogen functional groups attached to an aromatic ring is 1. The fraction of sp³-hybridized carbons (Fsp3) is 0.667. The van der Waals surface area contributed by atoms with E-state index in [1.165, 1.54) is 25.7 Å². The molecule has 4 nitrogen and oxygen atoms in total. The van der Waals surface area contributed by atoms with Gasteiger partial charge in [-0.25, -0.2) is 4.98 Å². The van der Waals surface area contributed by atoms with Gasteiger partial charge in [0.25, 0.3) is 0 Å². The maximum atomic E-state index is 5.56. The first kappa shape index (κ1) is 14.2. The van der Waals surface area contributed by atoms with Gasteiger partial charge in [0, 0.05) is 12.2 Å². The second-order valence-corrected chi connectivity index (χ2v) is 5.17. The molecule has 0 spiro atoms. The number of nitrogens with one attached hydrogen (secondary N) is 1. The normalized spacial score (nSPS) is 12.4. The fourth-order valence-corrected chi connectivity index (χ4v) is 1.97. The van der Waals surface area contributed by atoms with Crippen LogP contribution in [-0.2, 0) is 0 Å². The predicted molar refractivity (Wildman–Crippen MR) is 76.0 cm³/mol.